The molecule has 2 aliphatic rings. The normalized spacial score (nSPS) is 27.2. The van der Waals surface area contributed by atoms with Crippen LogP contribution in [0.3, 0.4) is 0 Å². The summed E-state index contributed by atoms with van der Waals surface area (Å²) < 4.78 is 0. The van der Waals surface area contributed by atoms with Gasteiger partial charge in [-0.3, -0.25) is 0 Å². The molecular weight excluding hydrogens is 214 g/mol. The molecule has 0 aromatic rings. The molecule has 0 heterocycles. The van der Waals surface area contributed by atoms with Gasteiger partial charge in [-0.25, -0.2) is 0 Å². The summed E-state index contributed by atoms with van der Waals surface area (Å²) in [6.07, 6.45) is 10.7. The lowest BCUT2D eigenvalue weighted by Gasteiger charge is -2.39. The zero-order valence-electron chi connectivity index (χ0n) is 10.9. The molecule has 0 aliphatic heterocycles. The van der Waals surface area contributed by atoms with E-state index in [0.717, 1.165) is 32.2 Å². The number of nitrogens with one attached hydrogen (secondary N) is 1. The number of rotatable bonds is 5. The average molecular weight is 241 g/mol. The van der Waals surface area contributed by atoms with E-state index in [1.807, 2.05) is 0 Å². The number of aliphatic hydroxyl groups excluding tert-OH is 2. The molecule has 0 amide bonds. The molecule has 0 radical (unpaired) electrons. The van der Waals surface area contributed by atoms with Gasteiger partial charge in [0.15, 0.2) is 0 Å². The summed E-state index contributed by atoms with van der Waals surface area (Å²) in [5.74, 6) is 0. The second-order valence-corrected chi connectivity index (χ2v) is 6.22. The van der Waals surface area contributed by atoms with Crippen LogP contribution in [0.25, 0.3) is 0 Å². The minimum absolute atomic E-state index is 0.0420. The fourth-order valence-electron chi connectivity index (χ4n) is 3.51. The lowest BCUT2D eigenvalue weighted by molar-refractivity contribution is 0.0618. The highest BCUT2D eigenvalue weighted by atomic mass is 16.3. The molecule has 0 saturated heterocycles. The van der Waals surface area contributed by atoms with E-state index in [1.165, 1.54) is 32.1 Å². The summed E-state index contributed by atoms with van der Waals surface area (Å²) in [6.45, 7) is 1.42. The summed E-state index contributed by atoms with van der Waals surface area (Å²) >= 11 is 0. The highest BCUT2D eigenvalue weighted by Crippen LogP contribution is 2.37. The van der Waals surface area contributed by atoms with Gasteiger partial charge in [0.2, 0.25) is 0 Å². The molecule has 0 aromatic carbocycles. The Balaban J connectivity index is 1.90. The van der Waals surface area contributed by atoms with Crippen molar-refractivity contribution in [1.82, 2.24) is 5.32 Å². The van der Waals surface area contributed by atoms with Crippen LogP contribution in [-0.2, 0) is 0 Å². The maximum absolute atomic E-state index is 9.67. The van der Waals surface area contributed by atoms with Crippen molar-refractivity contribution in [2.45, 2.75) is 63.3 Å². The molecule has 3 heteroatoms. The molecule has 17 heavy (non-hydrogen) atoms. The van der Waals surface area contributed by atoms with E-state index >= 15 is 0 Å². The second kappa shape index (κ2) is 5.68. The summed E-state index contributed by atoms with van der Waals surface area (Å²) in [6, 6.07) is 0. The van der Waals surface area contributed by atoms with Gasteiger partial charge in [0.25, 0.3) is 0 Å². The highest BCUT2D eigenvalue weighted by Gasteiger charge is 2.37. The SMILES string of the molecule is OCC1(CNC2(CO)CCCC2)CCCCC1. The zero-order valence-corrected chi connectivity index (χ0v) is 10.9. The molecule has 3 N–H and O–H groups in total. The van der Waals surface area contributed by atoms with E-state index in [-0.39, 0.29) is 17.6 Å². The van der Waals surface area contributed by atoms with Crippen molar-refractivity contribution in [3.05, 3.63) is 0 Å². The third kappa shape index (κ3) is 3.01. The number of hydrogen-bond donors (Lipinski definition) is 3. The van der Waals surface area contributed by atoms with Crippen LogP contribution >= 0.6 is 0 Å². The monoisotopic (exact) mass is 241 g/mol. The molecule has 0 bridgehead atoms. The van der Waals surface area contributed by atoms with Crippen LogP contribution in [0.4, 0.5) is 0 Å². The van der Waals surface area contributed by atoms with Gasteiger partial charge in [-0.05, 0) is 25.7 Å². The predicted molar refractivity (Wildman–Crippen MR) is 68.9 cm³/mol. The molecule has 0 aromatic heterocycles. The van der Waals surface area contributed by atoms with Gasteiger partial charge in [0.1, 0.15) is 0 Å². The average Bonchev–Trinajstić information content (AvgIpc) is 2.87. The van der Waals surface area contributed by atoms with Crippen LogP contribution in [0.1, 0.15) is 57.8 Å². The highest BCUT2D eigenvalue weighted by molar-refractivity contribution is 4.95. The predicted octanol–water partition coefficient (Wildman–Crippen LogP) is 1.82. The molecule has 2 fully saturated rings. The van der Waals surface area contributed by atoms with Gasteiger partial charge in [-0.1, -0.05) is 32.1 Å². The number of aliphatic hydroxyl groups is 2. The largest absolute Gasteiger partial charge is 0.396 e. The van der Waals surface area contributed by atoms with E-state index in [0.29, 0.717) is 6.61 Å². The zero-order chi connectivity index (χ0) is 12.2. The van der Waals surface area contributed by atoms with Crippen molar-refractivity contribution in [3.63, 3.8) is 0 Å². The van der Waals surface area contributed by atoms with Crippen LogP contribution in [0, 0.1) is 5.41 Å². The smallest absolute Gasteiger partial charge is 0.0613 e. The maximum Gasteiger partial charge on any atom is 0.0613 e. The first-order chi connectivity index (χ1) is 8.24. The molecule has 100 valence electrons. The third-order valence-electron chi connectivity index (χ3n) is 4.95. The lowest BCUT2D eigenvalue weighted by Crippen LogP contribution is -2.51. The summed E-state index contributed by atoms with van der Waals surface area (Å²) in [7, 11) is 0. The van der Waals surface area contributed by atoms with Crippen molar-refractivity contribution in [2.24, 2.45) is 5.41 Å². The molecule has 0 unspecified atom stereocenters. The fourth-order valence-corrected chi connectivity index (χ4v) is 3.51. The molecule has 2 aliphatic carbocycles. The van der Waals surface area contributed by atoms with E-state index < -0.39 is 0 Å². The lowest BCUT2D eigenvalue weighted by atomic mass is 9.74. The van der Waals surface area contributed by atoms with Gasteiger partial charge in [-0.2, -0.15) is 0 Å². The topological polar surface area (TPSA) is 52.5 Å². The Labute approximate surface area is 105 Å². The van der Waals surface area contributed by atoms with Crippen LogP contribution in [0.5, 0.6) is 0 Å². The molecule has 3 nitrogen and oxygen atoms in total. The third-order valence-corrected chi connectivity index (χ3v) is 4.95. The van der Waals surface area contributed by atoms with Crippen LogP contribution in [0.2, 0.25) is 0 Å². The van der Waals surface area contributed by atoms with Crippen LogP contribution < -0.4 is 5.32 Å². The van der Waals surface area contributed by atoms with Crippen molar-refractivity contribution in [2.75, 3.05) is 19.8 Å². The second-order valence-electron chi connectivity index (χ2n) is 6.22. The van der Waals surface area contributed by atoms with E-state index in [4.69, 9.17) is 0 Å². The number of hydrogen-bond acceptors (Lipinski definition) is 3. The Bertz CT molecular complexity index is 230. The first-order valence-electron chi connectivity index (χ1n) is 7.21. The fraction of sp³-hybridized carbons (Fsp3) is 1.00. The molecule has 2 saturated carbocycles. The Morgan fingerprint density at radius 3 is 1.88 bits per heavy atom. The standard InChI is InChI=1S/C14H27NO2/c16-11-13(6-2-1-3-7-13)10-15-14(12-17)8-4-5-9-14/h15-17H,1-12H2. The van der Waals surface area contributed by atoms with Gasteiger partial charge in [0.05, 0.1) is 6.61 Å². The van der Waals surface area contributed by atoms with Gasteiger partial charge >= 0.3 is 0 Å². The van der Waals surface area contributed by atoms with Crippen LogP contribution in [0.15, 0.2) is 0 Å². The Morgan fingerprint density at radius 2 is 1.35 bits per heavy atom. The van der Waals surface area contributed by atoms with Gasteiger partial charge in [0, 0.05) is 24.1 Å². The summed E-state index contributed by atoms with van der Waals surface area (Å²) in [5, 5.41) is 22.8. The van der Waals surface area contributed by atoms with E-state index in [9.17, 15) is 10.2 Å². The van der Waals surface area contributed by atoms with Crippen LogP contribution in [-0.4, -0.2) is 35.5 Å². The van der Waals surface area contributed by atoms with Crippen molar-refractivity contribution < 1.29 is 10.2 Å². The van der Waals surface area contributed by atoms with Crippen molar-refractivity contribution in [3.8, 4) is 0 Å². The van der Waals surface area contributed by atoms with Crippen molar-refractivity contribution in [1.29, 1.82) is 0 Å². The molecule has 0 atom stereocenters. The van der Waals surface area contributed by atoms with E-state index in [2.05, 4.69) is 5.32 Å². The molecule has 2 rings (SSSR count). The Hall–Kier alpha value is -0.120. The van der Waals surface area contributed by atoms with Gasteiger partial charge in [-0.15, -0.1) is 0 Å². The minimum Gasteiger partial charge on any atom is -0.396 e. The summed E-state index contributed by atoms with van der Waals surface area (Å²) in [5.41, 5.74) is 0.0443. The first kappa shape index (κ1) is 13.3. The Kier molecular flexibility index (Phi) is 4.45. The van der Waals surface area contributed by atoms with E-state index in [1.54, 1.807) is 0 Å². The molecular formula is C14H27NO2. The van der Waals surface area contributed by atoms with Crippen molar-refractivity contribution >= 4 is 0 Å². The Morgan fingerprint density at radius 1 is 0.765 bits per heavy atom. The van der Waals surface area contributed by atoms with Gasteiger partial charge < -0.3 is 15.5 Å². The quantitative estimate of drug-likeness (QED) is 0.688. The molecule has 0 spiro atoms. The maximum atomic E-state index is 9.67. The summed E-state index contributed by atoms with van der Waals surface area (Å²) in [4.78, 5) is 0. The minimum atomic E-state index is -0.0420. The first-order valence-corrected chi connectivity index (χ1v) is 7.21.